The molecule has 0 atom stereocenters. The zero-order valence-corrected chi connectivity index (χ0v) is 15.4. The minimum Gasteiger partial charge on any atom is -0.325 e. The van der Waals surface area contributed by atoms with Crippen molar-refractivity contribution in [3.63, 3.8) is 0 Å². The first kappa shape index (κ1) is 19.7. The minimum absolute atomic E-state index is 0.482. The third-order valence-corrected chi connectivity index (χ3v) is 5.07. The molecule has 0 aliphatic heterocycles. The number of hydrogen-bond donors (Lipinski definition) is 2. The van der Waals surface area contributed by atoms with Crippen molar-refractivity contribution in [1.82, 2.24) is 4.72 Å². The van der Waals surface area contributed by atoms with Crippen LogP contribution < -0.4 is 10.0 Å². The van der Waals surface area contributed by atoms with Gasteiger partial charge in [-0.1, -0.05) is 12.1 Å². The second kappa shape index (κ2) is 7.70. The molecule has 0 saturated heterocycles. The van der Waals surface area contributed by atoms with Crippen LogP contribution in [0.5, 0.6) is 0 Å². The standard InChI is InChI=1S/C15H12F3IN2O3S/c16-15(17,18)10-3-1-6-13(7-10)25(23,24)20-9-14(22)21-12-5-2-4-11(19)8-12/h1-8,20H,9H2,(H,21,22). The summed E-state index contributed by atoms with van der Waals surface area (Å²) in [7, 11) is -4.25. The van der Waals surface area contributed by atoms with Crippen LogP contribution >= 0.6 is 22.6 Å². The highest BCUT2D eigenvalue weighted by atomic mass is 127. The van der Waals surface area contributed by atoms with Crippen molar-refractivity contribution in [2.24, 2.45) is 0 Å². The zero-order valence-electron chi connectivity index (χ0n) is 12.5. The van der Waals surface area contributed by atoms with Gasteiger partial charge in [-0.2, -0.15) is 13.2 Å². The van der Waals surface area contributed by atoms with Crippen LogP contribution in [-0.2, 0) is 21.0 Å². The maximum absolute atomic E-state index is 12.7. The molecular weight excluding hydrogens is 472 g/mol. The monoisotopic (exact) mass is 484 g/mol. The summed E-state index contributed by atoms with van der Waals surface area (Å²) in [6.07, 6.45) is -4.66. The molecule has 2 rings (SSSR count). The summed E-state index contributed by atoms with van der Waals surface area (Å²) in [5.41, 5.74) is -0.603. The molecule has 0 aromatic heterocycles. The number of anilines is 1. The molecule has 25 heavy (non-hydrogen) atoms. The molecule has 0 heterocycles. The average molecular weight is 484 g/mol. The van der Waals surface area contributed by atoms with Crippen LogP contribution in [0.1, 0.15) is 5.56 Å². The van der Waals surface area contributed by atoms with Crippen LogP contribution in [-0.4, -0.2) is 20.9 Å². The van der Waals surface area contributed by atoms with Crippen molar-refractivity contribution < 1.29 is 26.4 Å². The molecule has 2 aromatic carbocycles. The van der Waals surface area contributed by atoms with Gasteiger partial charge in [0.15, 0.2) is 0 Å². The molecule has 5 nitrogen and oxygen atoms in total. The fourth-order valence-electron chi connectivity index (χ4n) is 1.85. The zero-order chi connectivity index (χ0) is 18.7. The highest BCUT2D eigenvalue weighted by Gasteiger charge is 2.31. The number of hydrogen-bond acceptors (Lipinski definition) is 3. The molecular formula is C15H12F3IN2O3S. The number of carbonyl (C=O) groups is 1. The van der Waals surface area contributed by atoms with Crippen molar-refractivity contribution >= 4 is 44.2 Å². The van der Waals surface area contributed by atoms with Gasteiger partial charge in [0, 0.05) is 9.26 Å². The molecule has 0 aliphatic carbocycles. The van der Waals surface area contributed by atoms with Gasteiger partial charge in [-0.25, -0.2) is 13.1 Å². The van der Waals surface area contributed by atoms with E-state index in [1.54, 1.807) is 18.2 Å². The van der Waals surface area contributed by atoms with Crippen LogP contribution in [0.3, 0.4) is 0 Å². The van der Waals surface area contributed by atoms with Gasteiger partial charge in [-0.15, -0.1) is 0 Å². The van der Waals surface area contributed by atoms with E-state index in [4.69, 9.17) is 0 Å². The van der Waals surface area contributed by atoms with Gasteiger partial charge in [-0.3, -0.25) is 4.79 Å². The van der Waals surface area contributed by atoms with Crippen LogP contribution in [0.4, 0.5) is 18.9 Å². The van der Waals surface area contributed by atoms with E-state index in [0.717, 1.165) is 21.8 Å². The fourth-order valence-corrected chi connectivity index (χ4v) is 3.43. The molecule has 0 spiro atoms. The number of carbonyl (C=O) groups excluding carboxylic acids is 1. The molecule has 0 fully saturated rings. The van der Waals surface area contributed by atoms with Gasteiger partial charge in [0.25, 0.3) is 0 Å². The molecule has 0 unspecified atom stereocenters. The number of alkyl halides is 3. The predicted molar refractivity (Wildman–Crippen MR) is 94.4 cm³/mol. The third kappa shape index (κ3) is 5.68. The highest BCUT2D eigenvalue weighted by molar-refractivity contribution is 14.1. The number of benzene rings is 2. The van der Waals surface area contributed by atoms with E-state index < -0.39 is 39.1 Å². The van der Waals surface area contributed by atoms with Crippen molar-refractivity contribution in [2.75, 3.05) is 11.9 Å². The fraction of sp³-hybridized carbons (Fsp3) is 0.133. The summed E-state index contributed by atoms with van der Waals surface area (Å²) in [5, 5.41) is 2.49. The Morgan fingerprint density at radius 2 is 1.76 bits per heavy atom. The van der Waals surface area contributed by atoms with E-state index in [9.17, 15) is 26.4 Å². The number of nitrogens with one attached hydrogen (secondary N) is 2. The van der Waals surface area contributed by atoms with Crippen LogP contribution in [0.2, 0.25) is 0 Å². The quantitative estimate of drug-likeness (QED) is 0.641. The van der Waals surface area contributed by atoms with Gasteiger partial charge in [0.2, 0.25) is 15.9 Å². The summed E-state index contributed by atoms with van der Waals surface area (Å²) in [6.45, 7) is -0.607. The topological polar surface area (TPSA) is 75.3 Å². The van der Waals surface area contributed by atoms with Gasteiger partial charge < -0.3 is 5.32 Å². The SMILES string of the molecule is O=C(CNS(=O)(=O)c1cccc(C(F)(F)F)c1)Nc1cccc(I)c1. The van der Waals surface area contributed by atoms with E-state index in [-0.39, 0.29) is 0 Å². The third-order valence-electron chi connectivity index (χ3n) is 3.00. The number of halogens is 4. The summed E-state index contributed by atoms with van der Waals surface area (Å²) < 4.78 is 65.0. The summed E-state index contributed by atoms with van der Waals surface area (Å²) in [6, 6.07) is 10.1. The summed E-state index contributed by atoms with van der Waals surface area (Å²) in [5.74, 6) is -0.641. The van der Waals surface area contributed by atoms with Gasteiger partial charge in [0.1, 0.15) is 0 Å². The second-order valence-electron chi connectivity index (χ2n) is 4.91. The summed E-state index contributed by atoms with van der Waals surface area (Å²) >= 11 is 2.05. The lowest BCUT2D eigenvalue weighted by Crippen LogP contribution is -2.33. The van der Waals surface area contributed by atoms with Crippen LogP contribution in [0.25, 0.3) is 0 Å². The normalized spacial score (nSPS) is 12.0. The van der Waals surface area contributed by atoms with Crippen molar-refractivity contribution in [1.29, 1.82) is 0 Å². The lowest BCUT2D eigenvalue weighted by molar-refractivity contribution is -0.137. The van der Waals surface area contributed by atoms with E-state index in [1.807, 2.05) is 33.4 Å². The van der Waals surface area contributed by atoms with Crippen molar-refractivity contribution in [3.05, 3.63) is 57.7 Å². The maximum Gasteiger partial charge on any atom is 0.416 e. The lowest BCUT2D eigenvalue weighted by atomic mass is 10.2. The molecule has 0 aliphatic rings. The number of rotatable bonds is 5. The Hall–Kier alpha value is -1.66. The predicted octanol–water partition coefficient (Wildman–Crippen LogP) is 3.23. The average Bonchev–Trinajstić information content (AvgIpc) is 2.52. The van der Waals surface area contributed by atoms with Crippen LogP contribution in [0.15, 0.2) is 53.4 Å². The minimum atomic E-state index is -4.66. The molecule has 2 aromatic rings. The molecule has 0 radical (unpaired) electrons. The van der Waals surface area contributed by atoms with E-state index in [0.29, 0.717) is 11.8 Å². The van der Waals surface area contributed by atoms with Gasteiger partial charge in [0.05, 0.1) is 17.0 Å². The number of amides is 1. The molecule has 0 bridgehead atoms. The van der Waals surface area contributed by atoms with Crippen molar-refractivity contribution in [3.8, 4) is 0 Å². The largest absolute Gasteiger partial charge is 0.416 e. The van der Waals surface area contributed by atoms with E-state index in [1.165, 1.54) is 0 Å². The molecule has 134 valence electrons. The first-order valence-electron chi connectivity index (χ1n) is 6.80. The van der Waals surface area contributed by atoms with Crippen molar-refractivity contribution in [2.45, 2.75) is 11.1 Å². The Morgan fingerprint density at radius 1 is 1.08 bits per heavy atom. The number of sulfonamides is 1. The summed E-state index contributed by atoms with van der Waals surface area (Å²) in [4.78, 5) is 11.2. The first-order valence-corrected chi connectivity index (χ1v) is 9.36. The smallest absolute Gasteiger partial charge is 0.325 e. The molecule has 2 N–H and O–H groups in total. The Balaban J connectivity index is 2.05. The molecule has 1 amide bonds. The van der Waals surface area contributed by atoms with Crippen LogP contribution in [0, 0.1) is 3.57 Å². The van der Waals surface area contributed by atoms with E-state index in [2.05, 4.69) is 5.32 Å². The Bertz CT molecular complexity index is 886. The first-order chi connectivity index (χ1) is 11.6. The molecule has 10 heteroatoms. The highest BCUT2D eigenvalue weighted by Crippen LogP contribution is 2.30. The van der Waals surface area contributed by atoms with E-state index >= 15 is 0 Å². The Labute approximate surface area is 155 Å². The second-order valence-corrected chi connectivity index (χ2v) is 7.92. The van der Waals surface area contributed by atoms with Gasteiger partial charge in [-0.05, 0) is 59.0 Å². The lowest BCUT2D eigenvalue weighted by Gasteiger charge is -2.10. The van der Waals surface area contributed by atoms with Gasteiger partial charge >= 0.3 is 6.18 Å². The maximum atomic E-state index is 12.7. The Kier molecular flexibility index (Phi) is 6.06. The Morgan fingerprint density at radius 3 is 2.40 bits per heavy atom. The molecule has 0 saturated carbocycles.